The van der Waals surface area contributed by atoms with Crippen molar-refractivity contribution >= 4 is 38.9 Å². The van der Waals surface area contributed by atoms with Gasteiger partial charge in [0.25, 0.3) is 5.91 Å². The summed E-state index contributed by atoms with van der Waals surface area (Å²) in [6.07, 6.45) is 0. The van der Waals surface area contributed by atoms with Gasteiger partial charge in [0, 0.05) is 11.6 Å². The monoisotopic (exact) mass is 410 g/mol. The lowest BCUT2D eigenvalue weighted by Gasteiger charge is -2.23. The van der Waals surface area contributed by atoms with Gasteiger partial charge in [0.1, 0.15) is 11.5 Å². The van der Waals surface area contributed by atoms with Crippen LogP contribution in [0.15, 0.2) is 47.4 Å². The number of benzene rings is 2. The summed E-state index contributed by atoms with van der Waals surface area (Å²) in [5, 5.41) is 6.05. The maximum absolute atomic E-state index is 12.6. The molecule has 0 spiro atoms. The Kier molecular flexibility index (Phi) is 6.20. The molecule has 0 bridgehead atoms. The van der Waals surface area contributed by atoms with Crippen molar-refractivity contribution < 1.29 is 22.7 Å². The molecule has 2 aromatic rings. The molecular formula is C16H18N4O5S2. The molecule has 0 aliphatic heterocycles. The number of sulfonamides is 1. The molecule has 11 heteroatoms. The molecule has 0 aliphatic carbocycles. The number of carbonyl (C=O) groups excluding carboxylic acids is 1. The van der Waals surface area contributed by atoms with Crippen LogP contribution in [-0.2, 0) is 10.0 Å². The van der Waals surface area contributed by atoms with Crippen molar-refractivity contribution in [3.63, 3.8) is 0 Å². The third kappa shape index (κ3) is 5.06. The van der Waals surface area contributed by atoms with Crippen molar-refractivity contribution in [2.75, 3.05) is 19.2 Å². The average Bonchev–Trinajstić information content (AvgIpc) is 2.64. The molecule has 27 heavy (non-hydrogen) atoms. The van der Waals surface area contributed by atoms with Crippen molar-refractivity contribution in [3.05, 3.63) is 48.0 Å². The number of hydrogen-bond acceptors (Lipinski definition) is 6. The van der Waals surface area contributed by atoms with Crippen LogP contribution in [0.5, 0.6) is 11.5 Å². The highest BCUT2D eigenvalue weighted by Crippen LogP contribution is 2.23. The number of thiocarbonyl (C=S) groups is 1. The molecule has 0 radical (unpaired) electrons. The SMILES string of the molecule is COc1cc(OC)cc(C(=O)NN(C(N)=S)c2ccc(S(N)(=O)=O)cc2)c1. The van der Waals surface area contributed by atoms with Gasteiger partial charge in [-0.3, -0.25) is 10.2 Å². The first-order chi connectivity index (χ1) is 12.7. The Morgan fingerprint density at radius 2 is 1.59 bits per heavy atom. The lowest BCUT2D eigenvalue weighted by atomic mass is 10.2. The smallest absolute Gasteiger partial charge is 0.270 e. The number of primary sulfonamides is 1. The standard InChI is InChI=1S/C16H18N4O5S2/c1-24-12-7-10(8-13(9-12)25-2)15(21)19-20(16(17)26)11-3-5-14(6-4-11)27(18,22)23/h3-9H,1-2H3,(H2,17,26)(H,19,21)(H2,18,22,23). The maximum Gasteiger partial charge on any atom is 0.270 e. The number of nitrogens with two attached hydrogens (primary N) is 2. The minimum Gasteiger partial charge on any atom is -0.497 e. The van der Waals surface area contributed by atoms with Crippen molar-refractivity contribution in [3.8, 4) is 11.5 Å². The summed E-state index contributed by atoms with van der Waals surface area (Å²) >= 11 is 4.97. The molecule has 0 aromatic heterocycles. The fourth-order valence-corrected chi connectivity index (χ4v) is 2.80. The predicted octanol–water partition coefficient (Wildman–Crippen LogP) is 0.746. The van der Waals surface area contributed by atoms with E-state index < -0.39 is 15.9 Å². The first-order valence-electron chi connectivity index (χ1n) is 7.42. The number of hydrogen-bond donors (Lipinski definition) is 3. The van der Waals surface area contributed by atoms with Crippen molar-refractivity contribution in [2.24, 2.45) is 10.9 Å². The number of methoxy groups -OCH3 is 2. The predicted molar refractivity (Wildman–Crippen MR) is 104 cm³/mol. The van der Waals surface area contributed by atoms with E-state index in [1.165, 1.54) is 50.6 Å². The average molecular weight is 410 g/mol. The van der Waals surface area contributed by atoms with Gasteiger partial charge in [0.15, 0.2) is 5.11 Å². The van der Waals surface area contributed by atoms with Gasteiger partial charge in [-0.15, -0.1) is 0 Å². The van der Waals surface area contributed by atoms with Gasteiger partial charge >= 0.3 is 0 Å². The highest BCUT2D eigenvalue weighted by molar-refractivity contribution is 7.89. The number of rotatable bonds is 5. The number of amides is 1. The topological polar surface area (TPSA) is 137 Å². The summed E-state index contributed by atoms with van der Waals surface area (Å²) in [6, 6.07) is 10.0. The van der Waals surface area contributed by atoms with Crippen LogP contribution in [0.4, 0.5) is 5.69 Å². The van der Waals surface area contributed by atoms with E-state index in [2.05, 4.69) is 5.43 Å². The van der Waals surface area contributed by atoms with Crippen LogP contribution in [0.3, 0.4) is 0 Å². The second-order valence-electron chi connectivity index (χ2n) is 5.25. The summed E-state index contributed by atoms with van der Waals surface area (Å²) in [4.78, 5) is 12.5. The lowest BCUT2D eigenvalue weighted by Crippen LogP contribution is -2.49. The number of nitrogens with zero attached hydrogens (tertiary/aromatic N) is 1. The van der Waals surface area contributed by atoms with Gasteiger partial charge < -0.3 is 15.2 Å². The first-order valence-corrected chi connectivity index (χ1v) is 9.37. The molecule has 0 aliphatic rings. The van der Waals surface area contributed by atoms with E-state index in [1.807, 2.05) is 0 Å². The van der Waals surface area contributed by atoms with Crippen LogP contribution in [-0.4, -0.2) is 33.7 Å². The van der Waals surface area contributed by atoms with Crippen molar-refractivity contribution in [1.82, 2.24) is 5.43 Å². The largest absolute Gasteiger partial charge is 0.497 e. The zero-order valence-corrected chi connectivity index (χ0v) is 16.1. The number of anilines is 1. The van der Waals surface area contributed by atoms with Gasteiger partial charge in [-0.2, -0.15) is 0 Å². The minimum atomic E-state index is -3.84. The van der Waals surface area contributed by atoms with E-state index in [4.69, 9.17) is 32.6 Å². The van der Waals surface area contributed by atoms with Crippen molar-refractivity contribution in [1.29, 1.82) is 0 Å². The highest BCUT2D eigenvalue weighted by Gasteiger charge is 2.17. The first kappa shape index (κ1) is 20.4. The third-order valence-corrected chi connectivity index (χ3v) is 4.58. The van der Waals surface area contributed by atoms with Gasteiger partial charge in [0.05, 0.1) is 24.8 Å². The van der Waals surface area contributed by atoms with Crippen LogP contribution < -0.4 is 30.8 Å². The molecule has 0 atom stereocenters. The van der Waals surface area contributed by atoms with Gasteiger partial charge in [0.2, 0.25) is 10.0 Å². The summed E-state index contributed by atoms with van der Waals surface area (Å²) in [5.74, 6) is 0.327. The second-order valence-corrected chi connectivity index (χ2v) is 7.23. The zero-order valence-electron chi connectivity index (χ0n) is 14.5. The van der Waals surface area contributed by atoms with Gasteiger partial charge in [-0.25, -0.2) is 18.6 Å². The quantitative estimate of drug-likeness (QED) is 0.485. The fraction of sp³-hybridized carbons (Fsp3) is 0.125. The number of ether oxygens (including phenoxy) is 2. The molecule has 0 heterocycles. The van der Waals surface area contributed by atoms with Crippen LogP contribution in [0, 0.1) is 0 Å². The van der Waals surface area contributed by atoms with Crippen LogP contribution in [0.1, 0.15) is 10.4 Å². The molecule has 2 rings (SSSR count). The minimum absolute atomic E-state index is 0.0852. The number of carbonyl (C=O) groups is 1. The van der Waals surface area contributed by atoms with E-state index >= 15 is 0 Å². The van der Waals surface area contributed by atoms with Gasteiger partial charge in [-0.05, 0) is 48.6 Å². The Labute approximate surface area is 161 Å². The maximum atomic E-state index is 12.6. The van der Waals surface area contributed by atoms with Crippen LogP contribution in [0.25, 0.3) is 0 Å². The highest BCUT2D eigenvalue weighted by atomic mass is 32.2. The van der Waals surface area contributed by atoms with Crippen LogP contribution >= 0.6 is 12.2 Å². The molecule has 0 unspecified atom stereocenters. The van der Waals surface area contributed by atoms with E-state index in [1.54, 1.807) is 6.07 Å². The second kappa shape index (κ2) is 8.20. The zero-order chi connectivity index (χ0) is 20.2. The molecule has 0 fully saturated rings. The lowest BCUT2D eigenvalue weighted by molar-refractivity contribution is 0.0954. The van der Waals surface area contributed by atoms with E-state index in [0.717, 1.165) is 5.01 Å². The Morgan fingerprint density at radius 3 is 2.00 bits per heavy atom. The summed E-state index contributed by atoms with van der Waals surface area (Å²) < 4.78 is 33.0. The number of nitrogens with one attached hydrogen (secondary N) is 1. The normalized spacial score (nSPS) is 10.8. The molecule has 2 aromatic carbocycles. The van der Waals surface area contributed by atoms with E-state index in [-0.39, 0.29) is 15.6 Å². The Balaban J connectivity index is 2.31. The van der Waals surface area contributed by atoms with E-state index in [9.17, 15) is 13.2 Å². The molecule has 9 nitrogen and oxygen atoms in total. The molecule has 1 amide bonds. The van der Waals surface area contributed by atoms with Crippen LogP contribution in [0.2, 0.25) is 0 Å². The Hall–Kier alpha value is -2.89. The molecule has 0 saturated carbocycles. The summed E-state index contributed by atoms with van der Waals surface area (Å²) in [6.45, 7) is 0. The molecule has 5 N–H and O–H groups in total. The van der Waals surface area contributed by atoms with Gasteiger partial charge in [-0.1, -0.05) is 0 Å². The Morgan fingerprint density at radius 1 is 1.07 bits per heavy atom. The van der Waals surface area contributed by atoms with E-state index in [0.29, 0.717) is 17.2 Å². The molecule has 0 saturated heterocycles. The summed E-state index contributed by atoms with van der Waals surface area (Å²) in [7, 11) is -0.918. The number of hydrazine groups is 1. The molecular weight excluding hydrogens is 392 g/mol. The fourth-order valence-electron chi connectivity index (χ4n) is 2.14. The summed E-state index contributed by atoms with van der Waals surface area (Å²) in [5.41, 5.74) is 8.82. The van der Waals surface area contributed by atoms with Crippen molar-refractivity contribution in [2.45, 2.75) is 4.90 Å². The molecule has 144 valence electrons. The third-order valence-electron chi connectivity index (χ3n) is 3.47. The Bertz CT molecular complexity index is 939.